The van der Waals surface area contributed by atoms with Crippen LogP contribution in [0, 0.1) is 0 Å². The molecule has 0 aliphatic heterocycles. The number of rotatable bonds is 4. The number of methoxy groups -OCH3 is 1. The number of hydrogen-bond donors (Lipinski definition) is 1. The van der Waals surface area contributed by atoms with Gasteiger partial charge in [0, 0.05) is 6.54 Å². The van der Waals surface area contributed by atoms with Gasteiger partial charge in [0.25, 0.3) is 5.91 Å². The van der Waals surface area contributed by atoms with E-state index in [4.69, 9.17) is 4.74 Å². The SMILES string of the molecule is CCNC(=O)c1cnn(-c2ccc(OC)cc2)c1C(F)(F)F. The summed E-state index contributed by atoms with van der Waals surface area (Å²) in [5, 5.41) is 6.05. The van der Waals surface area contributed by atoms with Crippen LogP contribution in [0.3, 0.4) is 0 Å². The van der Waals surface area contributed by atoms with Gasteiger partial charge in [-0.1, -0.05) is 0 Å². The molecular formula is C14H14F3N3O2. The quantitative estimate of drug-likeness (QED) is 0.944. The highest BCUT2D eigenvalue weighted by atomic mass is 19.4. The largest absolute Gasteiger partial charge is 0.497 e. The van der Waals surface area contributed by atoms with Gasteiger partial charge in [0.2, 0.25) is 0 Å². The Morgan fingerprint density at radius 2 is 1.95 bits per heavy atom. The first-order valence-electron chi connectivity index (χ1n) is 6.46. The van der Waals surface area contributed by atoms with E-state index in [2.05, 4.69) is 10.4 Å². The zero-order valence-corrected chi connectivity index (χ0v) is 11.9. The maximum atomic E-state index is 13.3. The number of carbonyl (C=O) groups excluding carboxylic acids is 1. The molecule has 0 atom stereocenters. The van der Waals surface area contributed by atoms with Gasteiger partial charge in [-0.05, 0) is 31.2 Å². The Balaban J connectivity index is 2.53. The molecule has 2 rings (SSSR count). The fraction of sp³-hybridized carbons (Fsp3) is 0.286. The summed E-state index contributed by atoms with van der Waals surface area (Å²) in [5.74, 6) is -0.303. The van der Waals surface area contributed by atoms with Crippen LogP contribution in [0.15, 0.2) is 30.5 Å². The first-order chi connectivity index (χ1) is 10.4. The Labute approximate surface area is 124 Å². The Kier molecular flexibility index (Phi) is 4.39. The molecule has 0 bridgehead atoms. The highest BCUT2D eigenvalue weighted by Crippen LogP contribution is 2.33. The first kappa shape index (κ1) is 15.9. The third kappa shape index (κ3) is 3.05. The second-order valence-corrected chi connectivity index (χ2v) is 4.37. The molecule has 1 heterocycles. The highest BCUT2D eigenvalue weighted by molar-refractivity contribution is 5.95. The molecule has 5 nitrogen and oxygen atoms in total. The van der Waals surface area contributed by atoms with E-state index in [1.165, 1.54) is 31.4 Å². The van der Waals surface area contributed by atoms with Gasteiger partial charge in [0.15, 0.2) is 5.69 Å². The molecule has 2 aromatic rings. The number of alkyl halides is 3. The van der Waals surface area contributed by atoms with E-state index in [0.29, 0.717) is 10.4 Å². The lowest BCUT2D eigenvalue weighted by molar-refractivity contribution is -0.143. The molecule has 0 fully saturated rings. The molecule has 1 amide bonds. The number of halogens is 3. The van der Waals surface area contributed by atoms with Crippen molar-refractivity contribution in [2.24, 2.45) is 0 Å². The number of ether oxygens (including phenoxy) is 1. The summed E-state index contributed by atoms with van der Waals surface area (Å²) in [4.78, 5) is 11.8. The number of nitrogens with one attached hydrogen (secondary N) is 1. The average Bonchev–Trinajstić information content (AvgIpc) is 2.92. The molecule has 8 heteroatoms. The molecule has 1 aromatic heterocycles. The lowest BCUT2D eigenvalue weighted by atomic mass is 10.2. The van der Waals surface area contributed by atoms with Gasteiger partial charge in [0.1, 0.15) is 5.75 Å². The van der Waals surface area contributed by atoms with Crippen molar-refractivity contribution < 1.29 is 22.7 Å². The van der Waals surface area contributed by atoms with E-state index in [0.717, 1.165) is 6.20 Å². The zero-order valence-electron chi connectivity index (χ0n) is 11.9. The second kappa shape index (κ2) is 6.08. The molecule has 1 aromatic carbocycles. The van der Waals surface area contributed by atoms with E-state index in [9.17, 15) is 18.0 Å². The van der Waals surface area contributed by atoms with Crippen LogP contribution < -0.4 is 10.1 Å². The predicted octanol–water partition coefficient (Wildman–Crippen LogP) is 2.65. The van der Waals surface area contributed by atoms with Crippen LogP contribution in [-0.2, 0) is 6.18 Å². The monoisotopic (exact) mass is 313 g/mol. The average molecular weight is 313 g/mol. The molecule has 0 saturated carbocycles. The predicted molar refractivity (Wildman–Crippen MR) is 73.1 cm³/mol. The summed E-state index contributed by atoms with van der Waals surface area (Å²) in [6.45, 7) is 1.85. The molecular weight excluding hydrogens is 299 g/mol. The molecule has 118 valence electrons. The van der Waals surface area contributed by atoms with E-state index >= 15 is 0 Å². The van der Waals surface area contributed by atoms with Crippen molar-refractivity contribution in [3.63, 3.8) is 0 Å². The topological polar surface area (TPSA) is 56.2 Å². The Hall–Kier alpha value is -2.51. The van der Waals surface area contributed by atoms with Crippen LogP contribution in [-0.4, -0.2) is 29.3 Å². The number of nitrogens with zero attached hydrogens (tertiary/aromatic N) is 2. The summed E-state index contributed by atoms with van der Waals surface area (Å²) >= 11 is 0. The van der Waals surface area contributed by atoms with E-state index in [1.807, 2.05) is 0 Å². The van der Waals surface area contributed by atoms with E-state index < -0.39 is 23.3 Å². The highest BCUT2D eigenvalue weighted by Gasteiger charge is 2.40. The Morgan fingerprint density at radius 3 is 2.45 bits per heavy atom. The number of hydrogen-bond acceptors (Lipinski definition) is 3. The van der Waals surface area contributed by atoms with E-state index in [1.54, 1.807) is 6.92 Å². The van der Waals surface area contributed by atoms with Crippen molar-refractivity contribution in [3.05, 3.63) is 41.7 Å². The molecule has 0 saturated heterocycles. The van der Waals surface area contributed by atoms with Crippen molar-refractivity contribution in [1.82, 2.24) is 15.1 Å². The van der Waals surface area contributed by atoms with Crippen molar-refractivity contribution >= 4 is 5.91 Å². The maximum Gasteiger partial charge on any atom is 0.434 e. The summed E-state index contributed by atoms with van der Waals surface area (Å²) in [6.07, 6.45) is -3.80. The van der Waals surface area contributed by atoms with Crippen molar-refractivity contribution in [3.8, 4) is 11.4 Å². The summed E-state index contributed by atoms with van der Waals surface area (Å²) in [5.41, 5.74) is -1.43. The van der Waals surface area contributed by atoms with Crippen LogP contribution in [0.25, 0.3) is 5.69 Å². The molecule has 22 heavy (non-hydrogen) atoms. The third-order valence-electron chi connectivity index (χ3n) is 2.94. The normalized spacial score (nSPS) is 11.3. The van der Waals surface area contributed by atoms with Crippen LogP contribution in [0.1, 0.15) is 23.0 Å². The van der Waals surface area contributed by atoms with Gasteiger partial charge in [0.05, 0.1) is 24.6 Å². The standard InChI is InChI=1S/C14H14F3N3O2/c1-3-18-13(21)11-8-19-20(12(11)14(15,16)17)9-4-6-10(22-2)7-5-9/h4-8H,3H2,1-2H3,(H,18,21). The summed E-state index contributed by atoms with van der Waals surface area (Å²) < 4.78 is 45.6. The van der Waals surface area contributed by atoms with E-state index in [-0.39, 0.29) is 12.2 Å². The molecule has 0 unspecified atom stereocenters. The minimum absolute atomic E-state index is 0.184. The molecule has 1 N–H and O–H groups in total. The van der Waals surface area contributed by atoms with Gasteiger partial charge < -0.3 is 10.1 Å². The smallest absolute Gasteiger partial charge is 0.434 e. The minimum Gasteiger partial charge on any atom is -0.497 e. The fourth-order valence-electron chi connectivity index (χ4n) is 1.96. The van der Waals surface area contributed by atoms with Gasteiger partial charge in [-0.25, -0.2) is 4.68 Å². The number of benzene rings is 1. The van der Waals surface area contributed by atoms with Crippen LogP contribution in [0.2, 0.25) is 0 Å². The van der Waals surface area contributed by atoms with Gasteiger partial charge >= 0.3 is 6.18 Å². The van der Waals surface area contributed by atoms with Crippen molar-refractivity contribution in [2.45, 2.75) is 13.1 Å². The lowest BCUT2D eigenvalue weighted by Crippen LogP contribution is -2.26. The zero-order chi connectivity index (χ0) is 16.3. The summed E-state index contributed by atoms with van der Waals surface area (Å²) in [6, 6.07) is 5.90. The number of amides is 1. The van der Waals surface area contributed by atoms with Crippen LogP contribution in [0.4, 0.5) is 13.2 Å². The van der Waals surface area contributed by atoms with Crippen molar-refractivity contribution in [2.75, 3.05) is 13.7 Å². The number of carbonyl (C=O) groups is 1. The fourth-order valence-corrected chi connectivity index (χ4v) is 1.96. The minimum atomic E-state index is -4.71. The van der Waals surface area contributed by atoms with Crippen LogP contribution >= 0.6 is 0 Å². The third-order valence-corrected chi connectivity index (χ3v) is 2.94. The second-order valence-electron chi connectivity index (χ2n) is 4.37. The number of aromatic nitrogens is 2. The molecule has 0 spiro atoms. The lowest BCUT2D eigenvalue weighted by Gasteiger charge is -2.13. The van der Waals surface area contributed by atoms with Gasteiger partial charge in [-0.15, -0.1) is 0 Å². The maximum absolute atomic E-state index is 13.3. The van der Waals surface area contributed by atoms with Crippen LogP contribution in [0.5, 0.6) is 5.75 Å². The first-order valence-corrected chi connectivity index (χ1v) is 6.46. The van der Waals surface area contributed by atoms with Gasteiger partial charge in [-0.3, -0.25) is 4.79 Å². The molecule has 0 aliphatic rings. The van der Waals surface area contributed by atoms with Crippen molar-refractivity contribution in [1.29, 1.82) is 0 Å². The Bertz CT molecular complexity index is 663. The van der Waals surface area contributed by atoms with Gasteiger partial charge in [-0.2, -0.15) is 18.3 Å². The summed E-state index contributed by atoms with van der Waals surface area (Å²) in [7, 11) is 1.46. The molecule has 0 radical (unpaired) electrons. The molecule has 0 aliphatic carbocycles. The Morgan fingerprint density at radius 1 is 1.32 bits per heavy atom.